The van der Waals surface area contributed by atoms with Crippen LogP contribution in [0.25, 0.3) is 0 Å². The SMILES string of the molecule is CCN(CC(=O)O)CP(=S)(Oc1cccc(Cl)c1)Oc1cccc(Cl)c1. The van der Waals surface area contributed by atoms with Gasteiger partial charge in [0.15, 0.2) is 0 Å². The van der Waals surface area contributed by atoms with Gasteiger partial charge in [-0.05, 0) is 54.7 Å². The Morgan fingerprint density at radius 2 is 1.62 bits per heavy atom. The first-order valence-corrected chi connectivity index (χ1v) is 11.3. The van der Waals surface area contributed by atoms with Crippen molar-refractivity contribution in [3.8, 4) is 11.5 Å². The highest BCUT2D eigenvalue weighted by Gasteiger charge is 2.27. The molecular weight excluding hydrogens is 416 g/mol. The van der Waals surface area contributed by atoms with E-state index in [1.165, 1.54) is 0 Å². The van der Waals surface area contributed by atoms with Gasteiger partial charge in [-0.15, -0.1) is 0 Å². The van der Waals surface area contributed by atoms with E-state index < -0.39 is 12.5 Å². The van der Waals surface area contributed by atoms with Crippen molar-refractivity contribution < 1.29 is 18.9 Å². The number of aliphatic carboxylic acids is 1. The van der Waals surface area contributed by atoms with Gasteiger partial charge in [-0.3, -0.25) is 9.69 Å². The highest BCUT2D eigenvalue weighted by molar-refractivity contribution is 8.10. The molecule has 0 amide bonds. The predicted molar refractivity (Wildman–Crippen MR) is 108 cm³/mol. The number of hydrogen-bond acceptors (Lipinski definition) is 5. The second kappa shape index (κ2) is 9.58. The molecule has 0 bridgehead atoms. The molecule has 9 heteroatoms. The lowest BCUT2D eigenvalue weighted by atomic mass is 10.3. The average molecular weight is 434 g/mol. The van der Waals surface area contributed by atoms with E-state index in [4.69, 9.17) is 49.2 Å². The van der Waals surface area contributed by atoms with Crippen molar-refractivity contribution >= 4 is 47.5 Å². The Bertz CT molecular complexity index is 769. The van der Waals surface area contributed by atoms with Crippen molar-refractivity contribution in [2.45, 2.75) is 6.92 Å². The molecule has 26 heavy (non-hydrogen) atoms. The van der Waals surface area contributed by atoms with Gasteiger partial charge in [-0.25, -0.2) is 0 Å². The lowest BCUT2D eigenvalue weighted by Crippen LogP contribution is -2.32. The van der Waals surface area contributed by atoms with Crippen LogP contribution in [0.1, 0.15) is 6.92 Å². The van der Waals surface area contributed by atoms with Crippen molar-refractivity contribution in [3.63, 3.8) is 0 Å². The minimum Gasteiger partial charge on any atom is -0.480 e. The molecule has 2 aromatic carbocycles. The quantitative estimate of drug-likeness (QED) is 0.553. The van der Waals surface area contributed by atoms with Gasteiger partial charge in [0.2, 0.25) is 0 Å². The third-order valence-electron chi connectivity index (χ3n) is 3.26. The van der Waals surface area contributed by atoms with Crippen LogP contribution in [-0.2, 0) is 16.6 Å². The summed E-state index contributed by atoms with van der Waals surface area (Å²) in [4.78, 5) is 12.7. The number of benzene rings is 2. The third-order valence-corrected chi connectivity index (χ3v) is 6.25. The maximum atomic E-state index is 11.1. The first-order valence-electron chi connectivity index (χ1n) is 7.73. The van der Waals surface area contributed by atoms with Gasteiger partial charge in [0, 0.05) is 10.0 Å². The molecule has 0 saturated carbocycles. The molecule has 0 aliphatic rings. The molecule has 2 rings (SSSR count). The second-order valence-corrected chi connectivity index (χ2v) is 9.80. The summed E-state index contributed by atoms with van der Waals surface area (Å²) in [5, 5.41) is 10.1. The van der Waals surface area contributed by atoms with Gasteiger partial charge in [0.25, 0.3) is 0 Å². The van der Waals surface area contributed by atoms with E-state index >= 15 is 0 Å². The molecule has 0 heterocycles. The van der Waals surface area contributed by atoms with Gasteiger partial charge >= 0.3 is 12.5 Å². The summed E-state index contributed by atoms with van der Waals surface area (Å²) in [6.07, 6.45) is 0.157. The second-order valence-electron chi connectivity index (χ2n) is 5.39. The minimum absolute atomic E-state index is 0.157. The summed E-state index contributed by atoms with van der Waals surface area (Å²) in [7, 11) is 0. The summed E-state index contributed by atoms with van der Waals surface area (Å²) in [6, 6.07) is 13.6. The van der Waals surface area contributed by atoms with Crippen LogP contribution < -0.4 is 9.05 Å². The van der Waals surface area contributed by atoms with Crippen LogP contribution in [0.3, 0.4) is 0 Å². The molecule has 5 nitrogen and oxygen atoms in total. The Morgan fingerprint density at radius 1 is 1.12 bits per heavy atom. The summed E-state index contributed by atoms with van der Waals surface area (Å²) in [5.74, 6) is -0.0117. The summed E-state index contributed by atoms with van der Waals surface area (Å²) < 4.78 is 12.0. The number of rotatable bonds is 9. The number of carbonyl (C=O) groups is 1. The number of hydrogen-bond donors (Lipinski definition) is 1. The molecule has 140 valence electrons. The molecule has 0 aromatic heterocycles. The molecule has 1 N–H and O–H groups in total. The zero-order valence-electron chi connectivity index (χ0n) is 14.0. The van der Waals surface area contributed by atoms with E-state index in [-0.39, 0.29) is 12.8 Å². The van der Waals surface area contributed by atoms with E-state index in [1.54, 1.807) is 53.4 Å². The predicted octanol–water partition coefficient (Wildman–Crippen LogP) is 5.12. The number of carboxylic acids is 1. The monoisotopic (exact) mass is 433 g/mol. The van der Waals surface area contributed by atoms with Crippen LogP contribution in [0.2, 0.25) is 10.0 Å². The molecule has 0 aliphatic heterocycles. The topological polar surface area (TPSA) is 59.0 Å². The molecule has 0 fully saturated rings. The normalized spacial score (nSPS) is 11.4. The maximum absolute atomic E-state index is 11.1. The third kappa shape index (κ3) is 6.78. The van der Waals surface area contributed by atoms with Gasteiger partial charge in [0.05, 0.1) is 12.8 Å². The van der Waals surface area contributed by atoms with Gasteiger partial charge in [-0.1, -0.05) is 42.3 Å². The van der Waals surface area contributed by atoms with E-state index in [0.717, 1.165) is 0 Å². The number of likely N-dealkylation sites (N-methyl/N-ethyl adjacent to an activating group) is 1. The van der Waals surface area contributed by atoms with Gasteiger partial charge < -0.3 is 14.2 Å². The molecule has 0 aliphatic carbocycles. The van der Waals surface area contributed by atoms with Gasteiger partial charge in [0.1, 0.15) is 11.5 Å². The van der Waals surface area contributed by atoms with Crippen molar-refractivity contribution in [2.24, 2.45) is 0 Å². The van der Waals surface area contributed by atoms with E-state index in [0.29, 0.717) is 28.1 Å². The molecule has 0 saturated heterocycles. The molecule has 0 unspecified atom stereocenters. The minimum atomic E-state index is -2.95. The van der Waals surface area contributed by atoms with E-state index in [1.807, 2.05) is 6.92 Å². The Hall–Kier alpha value is -1.30. The fraction of sp³-hybridized carbons (Fsp3) is 0.235. The fourth-order valence-corrected chi connectivity index (χ4v) is 5.32. The van der Waals surface area contributed by atoms with Crippen LogP contribution in [0.15, 0.2) is 48.5 Å². The number of nitrogens with zero attached hydrogens (tertiary/aromatic N) is 1. The van der Waals surface area contributed by atoms with Crippen LogP contribution in [0.5, 0.6) is 11.5 Å². The van der Waals surface area contributed by atoms with Crippen LogP contribution in [-0.4, -0.2) is 35.4 Å². The van der Waals surface area contributed by atoms with E-state index in [2.05, 4.69) is 0 Å². The summed E-state index contributed by atoms with van der Waals surface area (Å²) in [6.45, 7) is -0.776. The van der Waals surface area contributed by atoms with Crippen LogP contribution in [0.4, 0.5) is 0 Å². The highest BCUT2D eigenvalue weighted by atomic mass is 35.5. The maximum Gasteiger partial charge on any atom is 0.317 e. The van der Waals surface area contributed by atoms with Crippen molar-refractivity contribution in [3.05, 3.63) is 58.6 Å². The lowest BCUT2D eigenvalue weighted by Gasteiger charge is -2.28. The average Bonchev–Trinajstić information content (AvgIpc) is 2.53. The molecule has 0 spiro atoms. The summed E-state index contributed by atoms with van der Waals surface area (Å²) in [5.41, 5.74) is 0. The van der Waals surface area contributed by atoms with Crippen LogP contribution in [0, 0.1) is 0 Å². The fourth-order valence-electron chi connectivity index (χ4n) is 2.14. The highest BCUT2D eigenvalue weighted by Crippen LogP contribution is 2.49. The van der Waals surface area contributed by atoms with Crippen molar-refractivity contribution in [1.82, 2.24) is 4.90 Å². The van der Waals surface area contributed by atoms with Gasteiger partial charge in [-0.2, -0.15) is 0 Å². The first kappa shape index (κ1) is 21.0. The Balaban J connectivity index is 2.29. The zero-order valence-corrected chi connectivity index (χ0v) is 17.2. The zero-order chi connectivity index (χ0) is 19.2. The largest absolute Gasteiger partial charge is 0.480 e. The lowest BCUT2D eigenvalue weighted by molar-refractivity contribution is -0.138. The number of carboxylic acid groups (broad SMARTS) is 1. The number of halogens is 2. The Kier molecular flexibility index (Phi) is 7.74. The van der Waals surface area contributed by atoms with Crippen molar-refractivity contribution in [2.75, 3.05) is 19.4 Å². The summed E-state index contributed by atoms with van der Waals surface area (Å²) >= 11 is 17.7. The first-order chi connectivity index (χ1) is 12.3. The molecule has 0 radical (unpaired) electrons. The molecule has 0 atom stereocenters. The molecular formula is C17H18Cl2NO4PS. The molecule has 2 aromatic rings. The van der Waals surface area contributed by atoms with Crippen molar-refractivity contribution in [1.29, 1.82) is 0 Å². The smallest absolute Gasteiger partial charge is 0.317 e. The standard InChI is InChI=1S/C17H18Cl2NO4PS/c1-2-20(11-17(21)22)12-25(26,23-15-7-3-5-13(18)9-15)24-16-8-4-6-14(19)10-16/h3-10H,2,11-12H2,1H3,(H,21,22). The van der Waals surface area contributed by atoms with E-state index in [9.17, 15) is 4.79 Å². The Labute approximate surface area is 167 Å². The van der Waals surface area contributed by atoms with Crippen LogP contribution >= 0.6 is 29.7 Å². The Morgan fingerprint density at radius 3 is 2.00 bits per heavy atom.